The molecule has 0 aliphatic rings. The molecule has 2 rings (SSSR count). The number of hydrogen-bond donors (Lipinski definition) is 1. The molecule has 0 saturated carbocycles. The smallest absolute Gasteiger partial charge is 0.230 e. The minimum Gasteiger partial charge on any atom is -0.325 e. The zero-order chi connectivity index (χ0) is 14.0. The molecular weight excluding hydrogens is 262 g/mol. The number of rotatable bonds is 3. The van der Waals surface area contributed by atoms with Crippen LogP contribution in [0, 0.1) is 13.8 Å². The van der Waals surface area contributed by atoms with Gasteiger partial charge in [-0.3, -0.25) is 9.48 Å². The summed E-state index contributed by atoms with van der Waals surface area (Å²) in [7, 11) is 1.83. The predicted molar refractivity (Wildman–Crippen MR) is 76.5 cm³/mol. The minimum absolute atomic E-state index is 0.0756. The van der Waals surface area contributed by atoms with Crippen LogP contribution in [-0.4, -0.2) is 15.7 Å². The van der Waals surface area contributed by atoms with E-state index in [1.807, 2.05) is 39.1 Å². The molecule has 1 N–H and O–H groups in total. The molecule has 0 atom stereocenters. The number of carbonyl (C=O) groups is 1. The Bertz CT molecular complexity index is 619. The van der Waals surface area contributed by atoms with Crippen LogP contribution in [0.4, 0.5) is 5.69 Å². The first-order valence-electron chi connectivity index (χ1n) is 6.02. The van der Waals surface area contributed by atoms with Crippen molar-refractivity contribution in [2.24, 2.45) is 7.05 Å². The lowest BCUT2D eigenvalue weighted by Gasteiger charge is -2.09. The molecule has 0 fully saturated rings. The highest BCUT2D eigenvalue weighted by Crippen LogP contribution is 2.23. The summed E-state index contributed by atoms with van der Waals surface area (Å²) in [6.07, 6.45) is 0.295. The van der Waals surface area contributed by atoms with Crippen LogP contribution in [-0.2, 0) is 18.3 Å². The predicted octanol–water partition coefficient (Wildman–Crippen LogP) is 2.87. The van der Waals surface area contributed by atoms with E-state index in [0.29, 0.717) is 11.4 Å². The summed E-state index contributed by atoms with van der Waals surface area (Å²) in [6.45, 7) is 3.79. The van der Waals surface area contributed by atoms with Gasteiger partial charge in [0.05, 0.1) is 12.1 Å². The van der Waals surface area contributed by atoms with E-state index < -0.39 is 0 Å². The van der Waals surface area contributed by atoms with Crippen molar-refractivity contribution in [3.05, 3.63) is 46.2 Å². The largest absolute Gasteiger partial charge is 0.325 e. The number of anilines is 1. The number of nitrogens with one attached hydrogen (secondary N) is 1. The van der Waals surface area contributed by atoms with Crippen LogP contribution in [0.1, 0.15) is 17.0 Å². The van der Waals surface area contributed by atoms with Gasteiger partial charge in [0.25, 0.3) is 0 Å². The fourth-order valence-electron chi connectivity index (χ4n) is 1.93. The lowest BCUT2D eigenvalue weighted by atomic mass is 10.2. The fraction of sp³-hybridized carbons (Fsp3) is 0.286. The SMILES string of the molecule is Cc1cc(CC(=O)Nc2cccc(Cl)c2C)n(C)n1. The molecule has 0 aliphatic heterocycles. The van der Waals surface area contributed by atoms with E-state index in [4.69, 9.17) is 11.6 Å². The van der Waals surface area contributed by atoms with Gasteiger partial charge < -0.3 is 5.32 Å². The Balaban J connectivity index is 2.10. The van der Waals surface area contributed by atoms with Gasteiger partial charge in [-0.2, -0.15) is 5.10 Å². The monoisotopic (exact) mass is 277 g/mol. The molecule has 0 spiro atoms. The van der Waals surface area contributed by atoms with E-state index in [1.54, 1.807) is 10.7 Å². The number of hydrogen-bond acceptors (Lipinski definition) is 2. The maximum atomic E-state index is 12.0. The van der Waals surface area contributed by atoms with Crippen LogP contribution in [0.3, 0.4) is 0 Å². The van der Waals surface area contributed by atoms with Crippen LogP contribution < -0.4 is 5.32 Å². The van der Waals surface area contributed by atoms with Gasteiger partial charge in [0.15, 0.2) is 0 Å². The number of carbonyl (C=O) groups excluding carboxylic acids is 1. The second kappa shape index (κ2) is 5.45. The Labute approximate surface area is 117 Å². The van der Waals surface area contributed by atoms with Gasteiger partial charge in [-0.1, -0.05) is 17.7 Å². The van der Waals surface area contributed by atoms with Gasteiger partial charge in [-0.05, 0) is 37.6 Å². The van der Waals surface area contributed by atoms with Crippen LogP contribution in [0.15, 0.2) is 24.3 Å². The molecule has 0 bridgehead atoms. The third kappa shape index (κ3) is 3.15. The normalized spacial score (nSPS) is 10.5. The van der Waals surface area contributed by atoms with Gasteiger partial charge in [0.1, 0.15) is 0 Å². The molecule has 2 aromatic rings. The summed E-state index contributed by atoms with van der Waals surface area (Å²) >= 11 is 6.02. The number of aryl methyl sites for hydroxylation is 2. The topological polar surface area (TPSA) is 46.9 Å². The van der Waals surface area contributed by atoms with E-state index in [9.17, 15) is 4.79 Å². The fourth-order valence-corrected chi connectivity index (χ4v) is 2.11. The van der Waals surface area contributed by atoms with Crippen molar-refractivity contribution < 1.29 is 4.79 Å². The first-order chi connectivity index (χ1) is 8.97. The van der Waals surface area contributed by atoms with Crippen molar-refractivity contribution in [3.63, 3.8) is 0 Å². The molecule has 0 radical (unpaired) electrons. The first kappa shape index (κ1) is 13.6. The van der Waals surface area contributed by atoms with Crippen LogP contribution in [0.5, 0.6) is 0 Å². The third-order valence-corrected chi connectivity index (χ3v) is 3.39. The second-order valence-electron chi connectivity index (χ2n) is 4.54. The Hall–Kier alpha value is -1.81. The zero-order valence-electron chi connectivity index (χ0n) is 11.2. The Kier molecular flexibility index (Phi) is 3.90. The molecule has 1 aromatic heterocycles. The average molecular weight is 278 g/mol. The highest BCUT2D eigenvalue weighted by atomic mass is 35.5. The molecule has 0 unspecified atom stereocenters. The summed E-state index contributed by atoms with van der Waals surface area (Å²) in [5.41, 5.74) is 3.41. The van der Waals surface area contributed by atoms with Gasteiger partial charge in [-0.25, -0.2) is 0 Å². The van der Waals surface area contributed by atoms with Gasteiger partial charge >= 0.3 is 0 Å². The minimum atomic E-state index is -0.0756. The van der Waals surface area contributed by atoms with Gasteiger partial charge in [0, 0.05) is 23.5 Å². The molecule has 4 nitrogen and oxygen atoms in total. The summed E-state index contributed by atoms with van der Waals surface area (Å²) < 4.78 is 1.72. The van der Waals surface area contributed by atoms with Crippen LogP contribution in [0.2, 0.25) is 5.02 Å². The Morgan fingerprint density at radius 3 is 2.79 bits per heavy atom. The lowest BCUT2D eigenvalue weighted by molar-refractivity contribution is -0.115. The Morgan fingerprint density at radius 1 is 1.42 bits per heavy atom. The van der Waals surface area contributed by atoms with E-state index in [1.165, 1.54) is 0 Å². The van der Waals surface area contributed by atoms with Crippen LogP contribution in [0.25, 0.3) is 0 Å². The standard InChI is InChI=1S/C14H16ClN3O/c1-9-7-11(18(3)17-9)8-14(19)16-13-6-4-5-12(15)10(13)2/h4-7H,8H2,1-3H3,(H,16,19). The molecule has 5 heteroatoms. The molecule has 1 amide bonds. The molecule has 0 saturated heterocycles. The van der Waals surface area contributed by atoms with Crippen molar-refractivity contribution in [2.75, 3.05) is 5.32 Å². The molecule has 19 heavy (non-hydrogen) atoms. The first-order valence-corrected chi connectivity index (χ1v) is 6.39. The number of aromatic nitrogens is 2. The summed E-state index contributed by atoms with van der Waals surface area (Å²) in [4.78, 5) is 12.0. The van der Waals surface area contributed by atoms with E-state index in [2.05, 4.69) is 10.4 Å². The highest BCUT2D eigenvalue weighted by Gasteiger charge is 2.10. The van der Waals surface area contributed by atoms with Gasteiger partial charge in [0.2, 0.25) is 5.91 Å². The maximum absolute atomic E-state index is 12.0. The number of nitrogens with zero attached hydrogens (tertiary/aromatic N) is 2. The number of benzene rings is 1. The molecule has 1 heterocycles. The second-order valence-corrected chi connectivity index (χ2v) is 4.95. The van der Waals surface area contributed by atoms with Crippen LogP contribution >= 0.6 is 11.6 Å². The van der Waals surface area contributed by atoms with Crippen molar-refractivity contribution >= 4 is 23.2 Å². The van der Waals surface area contributed by atoms with E-state index >= 15 is 0 Å². The number of halogens is 1. The molecular formula is C14H16ClN3O. The highest BCUT2D eigenvalue weighted by molar-refractivity contribution is 6.31. The van der Waals surface area contributed by atoms with E-state index in [0.717, 1.165) is 22.6 Å². The number of amides is 1. The van der Waals surface area contributed by atoms with Crippen molar-refractivity contribution in [1.29, 1.82) is 0 Å². The third-order valence-electron chi connectivity index (χ3n) is 2.98. The molecule has 100 valence electrons. The van der Waals surface area contributed by atoms with Gasteiger partial charge in [-0.15, -0.1) is 0 Å². The molecule has 0 aliphatic carbocycles. The Morgan fingerprint density at radius 2 is 2.16 bits per heavy atom. The zero-order valence-corrected chi connectivity index (χ0v) is 12.0. The summed E-state index contributed by atoms with van der Waals surface area (Å²) in [6, 6.07) is 7.37. The average Bonchev–Trinajstić information content (AvgIpc) is 2.64. The summed E-state index contributed by atoms with van der Waals surface area (Å²) in [5.74, 6) is -0.0756. The maximum Gasteiger partial charge on any atom is 0.230 e. The van der Waals surface area contributed by atoms with Crippen molar-refractivity contribution in [1.82, 2.24) is 9.78 Å². The molecule has 1 aromatic carbocycles. The van der Waals surface area contributed by atoms with E-state index in [-0.39, 0.29) is 5.91 Å². The quantitative estimate of drug-likeness (QED) is 0.938. The van der Waals surface area contributed by atoms with Crippen molar-refractivity contribution in [2.45, 2.75) is 20.3 Å². The van der Waals surface area contributed by atoms with Crippen molar-refractivity contribution in [3.8, 4) is 0 Å². The lowest BCUT2D eigenvalue weighted by Crippen LogP contribution is -2.17. The summed E-state index contributed by atoms with van der Waals surface area (Å²) in [5, 5.41) is 7.74.